The molecule has 1 saturated heterocycles. The minimum atomic E-state index is 0.0690. The number of piperazine rings is 1. The van der Waals surface area contributed by atoms with Crippen molar-refractivity contribution in [2.45, 2.75) is 38.1 Å². The van der Waals surface area contributed by atoms with Crippen LogP contribution in [-0.4, -0.2) is 65.2 Å². The SMILES string of the molecule is C=Cc1cc(Nc2cc(N)c(N3CCN(C(=O)CCOC)[C@H](C)C3)nc2C2CC2)c2cccnc2n1. The van der Waals surface area contributed by atoms with Crippen molar-refractivity contribution in [2.75, 3.05) is 49.3 Å². The molecule has 1 aliphatic heterocycles. The maximum absolute atomic E-state index is 12.6. The van der Waals surface area contributed by atoms with Crippen LogP contribution in [0.25, 0.3) is 17.1 Å². The number of pyridine rings is 3. The quantitative estimate of drug-likeness (QED) is 0.492. The lowest BCUT2D eigenvalue weighted by atomic mass is 10.1. The third kappa shape index (κ3) is 4.83. The Balaban J connectivity index is 1.42. The van der Waals surface area contributed by atoms with Crippen molar-refractivity contribution in [3.63, 3.8) is 0 Å². The Morgan fingerprint density at radius 2 is 2.11 bits per heavy atom. The number of fused-ring (bicyclic) bond motifs is 1. The first-order chi connectivity index (χ1) is 17.5. The van der Waals surface area contributed by atoms with E-state index in [1.54, 1.807) is 19.4 Å². The van der Waals surface area contributed by atoms with Crippen LogP contribution in [0.3, 0.4) is 0 Å². The fourth-order valence-electron chi connectivity index (χ4n) is 4.84. The van der Waals surface area contributed by atoms with Crippen molar-refractivity contribution in [3.05, 3.63) is 48.4 Å². The summed E-state index contributed by atoms with van der Waals surface area (Å²) in [7, 11) is 1.62. The van der Waals surface area contributed by atoms with Gasteiger partial charge in [0, 0.05) is 50.3 Å². The van der Waals surface area contributed by atoms with Gasteiger partial charge < -0.3 is 25.6 Å². The van der Waals surface area contributed by atoms with E-state index in [9.17, 15) is 4.79 Å². The van der Waals surface area contributed by atoms with Crippen LogP contribution in [0.5, 0.6) is 0 Å². The molecule has 36 heavy (non-hydrogen) atoms. The molecule has 3 aromatic rings. The van der Waals surface area contributed by atoms with Crippen molar-refractivity contribution < 1.29 is 9.53 Å². The van der Waals surface area contributed by atoms with E-state index in [0.29, 0.717) is 49.9 Å². The summed E-state index contributed by atoms with van der Waals surface area (Å²) in [6.07, 6.45) is 6.08. The number of hydrogen-bond donors (Lipinski definition) is 2. The molecule has 3 aromatic heterocycles. The molecule has 1 amide bonds. The first-order valence-electron chi connectivity index (χ1n) is 12.5. The Morgan fingerprint density at radius 1 is 1.28 bits per heavy atom. The molecule has 2 aliphatic rings. The van der Waals surface area contributed by atoms with Crippen molar-refractivity contribution >= 4 is 45.9 Å². The van der Waals surface area contributed by atoms with Gasteiger partial charge in [-0.2, -0.15) is 0 Å². The highest BCUT2D eigenvalue weighted by Gasteiger charge is 2.32. The van der Waals surface area contributed by atoms with Crippen LogP contribution in [0.1, 0.15) is 43.5 Å². The first kappa shape index (κ1) is 24.0. The van der Waals surface area contributed by atoms with Gasteiger partial charge in [0.2, 0.25) is 5.91 Å². The van der Waals surface area contributed by atoms with Crippen molar-refractivity contribution in [1.82, 2.24) is 19.9 Å². The van der Waals surface area contributed by atoms with Gasteiger partial charge in [-0.3, -0.25) is 4.79 Å². The van der Waals surface area contributed by atoms with E-state index in [1.165, 1.54) is 0 Å². The lowest BCUT2D eigenvalue weighted by Crippen LogP contribution is -2.54. The smallest absolute Gasteiger partial charge is 0.225 e. The van der Waals surface area contributed by atoms with Gasteiger partial charge in [0.1, 0.15) is 0 Å². The molecule has 4 heterocycles. The van der Waals surface area contributed by atoms with Gasteiger partial charge in [0.15, 0.2) is 11.5 Å². The third-order valence-corrected chi connectivity index (χ3v) is 6.87. The minimum absolute atomic E-state index is 0.0690. The number of rotatable bonds is 8. The number of hydrogen-bond acceptors (Lipinski definition) is 8. The summed E-state index contributed by atoms with van der Waals surface area (Å²) >= 11 is 0. The molecule has 0 spiro atoms. The molecule has 1 aliphatic carbocycles. The molecular formula is C27H33N7O2. The number of nitrogens with zero attached hydrogens (tertiary/aromatic N) is 5. The van der Waals surface area contributed by atoms with Gasteiger partial charge in [0.05, 0.1) is 41.5 Å². The number of aromatic nitrogens is 3. The number of ether oxygens (including phenoxy) is 1. The highest BCUT2D eigenvalue weighted by atomic mass is 16.5. The molecule has 3 N–H and O–H groups in total. The molecule has 9 nitrogen and oxygen atoms in total. The molecule has 1 saturated carbocycles. The molecule has 0 aromatic carbocycles. The van der Waals surface area contributed by atoms with Crippen LogP contribution in [0.4, 0.5) is 22.9 Å². The number of nitrogens with two attached hydrogens (primary N) is 1. The second-order valence-electron chi connectivity index (χ2n) is 9.53. The van der Waals surface area contributed by atoms with E-state index in [2.05, 4.69) is 33.7 Å². The maximum Gasteiger partial charge on any atom is 0.225 e. The Hall–Kier alpha value is -3.72. The highest BCUT2D eigenvalue weighted by molar-refractivity contribution is 5.92. The summed E-state index contributed by atoms with van der Waals surface area (Å²) < 4.78 is 5.07. The van der Waals surface area contributed by atoms with Crippen LogP contribution < -0.4 is 16.0 Å². The number of methoxy groups -OCH3 is 1. The van der Waals surface area contributed by atoms with E-state index in [-0.39, 0.29) is 11.9 Å². The molecule has 9 heteroatoms. The molecule has 0 unspecified atom stereocenters. The fourth-order valence-corrected chi connectivity index (χ4v) is 4.84. The lowest BCUT2D eigenvalue weighted by molar-refractivity contribution is -0.134. The maximum atomic E-state index is 12.6. The first-order valence-corrected chi connectivity index (χ1v) is 12.5. The predicted molar refractivity (Wildman–Crippen MR) is 143 cm³/mol. The lowest BCUT2D eigenvalue weighted by Gasteiger charge is -2.41. The molecule has 0 bridgehead atoms. The van der Waals surface area contributed by atoms with Gasteiger partial charge in [-0.25, -0.2) is 15.0 Å². The molecule has 2 fully saturated rings. The van der Waals surface area contributed by atoms with Gasteiger partial charge in [0.25, 0.3) is 0 Å². The average Bonchev–Trinajstić information content (AvgIpc) is 3.72. The summed E-state index contributed by atoms with van der Waals surface area (Å²) in [5.74, 6) is 1.33. The zero-order valence-corrected chi connectivity index (χ0v) is 20.9. The molecule has 1 atom stereocenters. The summed E-state index contributed by atoms with van der Waals surface area (Å²) in [6, 6.07) is 7.94. The summed E-state index contributed by atoms with van der Waals surface area (Å²) in [6.45, 7) is 8.41. The van der Waals surface area contributed by atoms with Crippen molar-refractivity contribution in [1.29, 1.82) is 0 Å². The van der Waals surface area contributed by atoms with Crippen LogP contribution in [0.15, 0.2) is 37.0 Å². The van der Waals surface area contributed by atoms with E-state index in [4.69, 9.17) is 15.5 Å². The number of amides is 1. The number of nitrogens with one attached hydrogen (secondary N) is 1. The summed E-state index contributed by atoms with van der Waals surface area (Å²) in [5, 5.41) is 4.51. The topological polar surface area (TPSA) is 110 Å². The van der Waals surface area contributed by atoms with Gasteiger partial charge >= 0.3 is 0 Å². The Kier molecular flexibility index (Phi) is 6.73. The van der Waals surface area contributed by atoms with Crippen LogP contribution in [-0.2, 0) is 9.53 Å². The largest absolute Gasteiger partial charge is 0.396 e. The zero-order valence-electron chi connectivity index (χ0n) is 20.9. The standard InChI is InChI=1S/C27H33N7O2/c1-4-19-14-22(20-6-5-10-29-26(20)30-19)31-23-15-21(28)27(32-25(23)18-7-8-18)33-11-12-34(17(2)16-33)24(35)9-13-36-3/h4-6,10,14-15,17-18H,1,7-9,11-13,16,28H2,2-3H3,(H,29,30,31)/t17-/m1/s1. The predicted octanol–water partition coefficient (Wildman–Crippen LogP) is 3.94. The second kappa shape index (κ2) is 10.1. The number of anilines is 4. The third-order valence-electron chi connectivity index (χ3n) is 6.87. The second-order valence-corrected chi connectivity index (χ2v) is 9.53. The van der Waals surface area contributed by atoms with Gasteiger partial charge in [-0.15, -0.1) is 0 Å². The van der Waals surface area contributed by atoms with Crippen molar-refractivity contribution in [2.24, 2.45) is 0 Å². The van der Waals surface area contributed by atoms with E-state index in [1.807, 2.05) is 29.2 Å². The van der Waals surface area contributed by atoms with Gasteiger partial charge in [-0.05, 0) is 50.1 Å². The van der Waals surface area contributed by atoms with Crippen LogP contribution in [0.2, 0.25) is 0 Å². The summed E-state index contributed by atoms with van der Waals surface area (Å²) in [5.41, 5.74) is 11.5. The zero-order chi connectivity index (χ0) is 25.2. The Labute approximate surface area is 211 Å². The summed E-state index contributed by atoms with van der Waals surface area (Å²) in [4.78, 5) is 30.7. The van der Waals surface area contributed by atoms with Crippen LogP contribution >= 0.6 is 0 Å². The molecular weight excluding hydrogens is 454 g/mol. The van der Waals surface area contributed by atoms with Gasteiger partial charge in [-0.1, -0.05) is 6.58 Å². The molecule has 188 valence electrons. The Bertz CT molecular complexity index is 1290. The van der Waals surface area contributed by atoms with E-state index >= 15 is 0 Å². The average molecular weight is 488 g/mol. The normalized spacial score (nSPS) is 17.9. The Morgan fingerprint density at radius 3 is 2.83 bits per heavy atom. The van der Waals surface area contributed by atoms with Crippen LogP contribution in [0, 0.1) is 0 Å². The number of nitrogen functional groups attached to an aromatic ring is 1. The fraction of sp³-hybridized carbons (Fsp3) is 0.407. The molecule has 0 radical (unpaired) electrons. The number of carbonyl (C=O) groups excluding carboxylic acids is 1. The van der Waals surface area contributed by atoms with E-state index in [0.717, 1.165) is 46.8 Å². The monoisotopic (exact) mass is 487 g/mol. The number of carbonyl (C=O) groups is 1. The van der Waals surface area contributed by atoms with Crippen molar-refractivity contribution in [3.8, 4) is 0 Å². The van der Waals surface area contributed by atoms with E-state index < -0.39 is 0 Å². The minimum Gasteiger partial charge on any atom is -0.396 e. The highest BCUT2D eigenvalue weighted by Crippen LogP contribution is 2.45. The molecule has 5 rings (SSSR count).